The molecule has 0 bridgehead atoms. The summed E-state index contributed by atoms with van der Waals surface area (Å²) in [6, 6.07) is 5.25. The van der Waals surface area contributed by atoms with Gasteiger partial charge in [0.05, 0.1) is 12.7 Å². The summed E-state index contributed by atoms with van der Waals surface area (Å²) in [6.45, 7) is 8.94. The Labute approximate surface area is 153 Å². The van der Waals surface area contributed by atoms with E-state index in [1.165, 1.54) is 0 Å². The number of nitrogens with one attached hydrogen (secondary N) is 2. The Morgan fingerprint density at radius 2 is 2.04 bits per heavy atom. The maximum atomic E-state index is 5.98. The van der Waals surface area contributed by atoms with Crippen LogP contribution in [0.25, 0.3) is 0 Å². The molecule has 0 aliphatic carbocycles. The largest absolute Gasteiger partial charge is 0.374 e. The lowest BCUT2D eigenvalue weighted by molar-refractivity contribution is -0.0283. The zero-order valence-corrected chi connectivity index (χ0v) is 15.8. The van der Waals surface area contributed by atoms with Crippen LogP contribution in [0.1, 0.15) is 13.8 Å². The van der Waals surface area contributed by atoms with Crippen LogP contribution >= 0.6 is 35.4 Å². The van der Waals surface area contributed by atoms with Crippen LogP contribution in [0, 0.1) is 5.92 Å². The lowest BCUT2D eigenvalue weighted by atomic mass is 10.2. The molecule has 2 rings (SSSR count). The van der Waals surface area contributed by atoms with Crippen LogP contribution in [0.5, 0.6) is 0 Å². The van der Waals surface area contributed by atoms with Gasteiger partial charge in [-0.25, -0.2) is 0 Å². The summed E-state index contributed by atoms with van der Waals surface area (Å²) in [5.41, 5.74) is 0.769. The molecule has 0 saturated carbocycles. The lowest BCUT2D eigenvalue weighted by Gasteiger charge is -2.34. The zero-order chi connectivity index (χ0) is 16.8. The van der Waals surface area contributed by atoms with E-state index in [9.17, 15) is 0 Å². The Kier molecular flexibility index (Phi) is 7.37. The summed E-state index contributed by atoms with van der Waals surface area (Å²) in [7, 11) is 0. The maximum Gasteiger partial charge on any atom is 0.170 e. The molecule has 1 aromatic carbocycles. The first-order valence-corrected chi connectivity index (χ1v) is 8.93. The molecule has 1 fully saturated rings. The van der Waals surface area contributed by atoms with Crippen molar-refractivity contribution in [3.63, 3.8) is 0 Å². The van der Waals surface area contributed by atoms with Gasteiger partial charge >= 0.3 is 0 Å². The van der Waals surface area contributed by atoms with Gasteiger partial charge in [-0.2, -0.15) is 0 Å². The third-order valence-corrected chi connectivity index (χ3v) is 4.14. The number of rotatable bonds is 5. The van der Waals surface area contributed by atoms with Crippen molar-refractivity contribution in [2.75, 3.05) is 38.1 Å². The second kappa shape index (κ2) is 9.04. The van der Waals surface area contributed by atoms with E-state index in [0.29, 0.717) is 27.6 Å². The summed E-state index contributed by atoms with van der Waals surface area (Å²) in [4.78, 5) is 2.44. The fourth-order valence-corrected chi connectivity index (χ4v) is 3.32. The van der Waals surface area contributed by atoms with E-state index in [4.69, 9.17) is 40.2 Å². The molecule has 0 spiro atoms. The Bertz CT molecular complexity index is 522. The quantitative estimate of drug-likeness (QED) is 0.768. The molecule has 7 heteroatoms. The summed E-state index contributed by atoms with van der Waals surface area (Å²) in [5, 5.41) is 7.96. The predicted molar refractivity (Wildman–Crippen MR) is 102 cm³/mol. The van der Waals surface area contributed by atoms with Crippen molar-refractivity contribution in [1.82, 2.24) is 10.2 Å². The van der Waals surface area contributed by atoms with Crippen LogP contribution in [-0.4, -0.2) is 48.9 Å². The Morgan fingerprint density at radius 1 is 1.35 bits per heavy atom. The summed E-state index contributed by atoms with van der Waals surface area (Å²) >= 11 is 17.3. The van der Waals surface area contributed by atoms with Crippen molar-refractivity contribution in [2.45, 2.75) is 20.0 Å². The van der Waals surface area contributed by atoms with Crippen molar-refractivity contribution in [1.29, 1.82) is 0 Å². The number of halogens is 2. The molecule has 0 amide bonds. The minimum Gasteiger partial charge on any atom is -0.374 e. The van der Waals surface area contributed by atoms with Gasteiger partial charge in [-0.05, 0) is 36.3 Å². The first-order valence-electron chi connectivity index (χ1n) is 7.77. The molecular weight excluding hydrogens is 353 g/mol. The Morgan fingerprint density at radius 3 is 2.70 bits per heavy atom. The Balaban J connectivity index is 1.77. The maximum absolute atomic E-state index is 5.98. The highest BCUT2D eigenvalue weighted by atomic mass is 35.5. The van der Waals surface area contributed by atoms with Gasteiger partial charge in [0.25, 0.3) is 0 Å². The number of anilines is 1. The summed E-state index contributed by atoms with van der Waals surface area (Å²) < 4.78 is 5.79. The van der Waals surface area contributed by atoms with E-state index in [2.05, 4.69) is 29.4 Å². The summed E-state index contributed by atoms with van der Waals surface area (Å²) in [6.07, 6.45) is 0.144. The third-order valence-electron chi connectivity index (χ3n) is 3.46. The van der Waals surface area contributed by atoms with Crippen LogP contribution in [0.3, 0.4) is 0 Å². The molecular formula is C16H23Cl2N3OS. The monoisotopic (exact) mass is 375 g/mol. The molecule has 128 valence electrons. The summed E-state index contributed by atoms with van der Waals surface area (Å²) in [5.74, 6) is 0.664. The van der Waals surface area contributed by atoms with Gasteiger partial charge in [0.15, 0.2) is 5.11 Å². The van der Waals surface area contributed by atoms with Gasteiger partial charge in [-0.1, -0.05) is 37.0 Å². The molecule has 0 aromatic heterocycles. The number of benzene rings is 1. The van der Waals surface area contributed by atoms with E-state index in [-0.39, 0.29) is 6.10 Å². The van der Waals surface area contributed by atoms with E-state index >= 15 is 0 Å². The van der Waals surface area contributed by atoms with Gasteiger partial charge in [0.2, 0.25) is 0 Å². The molecule has 23 heavy (non-hydrogen) atoms. The van der Waals surface area contributed by atoms with Crippen molar-refractivity contribution in [3.05, 3.63) is 28.2 Å². The van der Waals surface area contributed by atoms with Crippen molar-refractivity contribution in [2.24, 2.45) is 5.92 Å². The number of thiocarbonyl (C=S) groups is 1. The van der Waals surface area contributed by atoms with E-state index in [1.807, 2.05) is 0 Å². The van der Waals surface area contributed by atoms with E-state index in [0.717, 1.165) is 31.9 Å². The topological polar surface area (TPSA) is 36.5 Å². The van der Waals surface area contributed by atoms with Gasteiger partial charge in [-0.15, -0.1) is 0 Å². The molecule has 4 nitrogen and oxygen atoms in total. The normalized spacial score (nSPS) is 18.9. The molecule has 2 N–H and O–H groups in total. The first kappa shape index (κ1) is 18.7. The highest BCUT2D eigenvalue weighted by Crippen LogP contribution is 2.22. The van der Waals surface area contributed by atoms with Crippen LogP contribution in [-0.2, 0) is 4.74 Å². The second-order valence-electron chi connectivity index (χ2n) is 6.14. The molecule has 1 saturated heterocycles. The van der Waals surface area contributed by atoms with Crippen LogP contribution in [0.2, 0.25) is 10.0 Å². The standard InChI is InChI=1S/C16H23Cl2N3OS/c1-11(2)9-21-3-4-22-15(10-21)8-19-16(23)20-14-6-12(17)5-13(18)7-14/h5-7,11,15H,3-4,8-10H2,1-2H3,(H2,19,20,23)/t15-/m0/s1. The minimum atomic E-state index is 0.144. The number of hydrogen-bond acceptors (Lipinski definition) is 3. The minimum absolute atomic E-state index is 0.144. The highest BCUT2D eigenvalue weighted by molar-refractivity contribution is 7.80. The molecule has 1 atom stereocenters. The first-order chi connectivity index (χ1) is 10.9. The van der Waals surface area contributed by atoms with Gasteiger partial charge in [-0.3, -0.25) is 4.90 Å². The fourth-order valence-electron chi connectivity index (χ4n) is 2.59. The lowest BCUT2D eigenvalue weighted by Crippen LogP contribution is -2.48. The molecule has 1 aromatic rings. The average molecular weight is 376 g/mol. The molecule has 1 heterocycles. The average Bonchev–Trinajstić information content (AvgIpc) is 2.43. The van der Waals surface area contributed by atoms with Crippen molar-refractivity contribution < 1.29 is 4.74 Å². The number of nitrogens with zero attached hydrogens (tertiary/aromatic N) is 1. The van der Waals surface area contributed by atoms with Crippen LogP contribution in [0.4, 0.5) is 5.69 Å². The van der Waals surface area contributed by atoms with Crippen molar-refractivity contribution >= 4 is 46.2 Å². The van der Waals surface area contributed by atoms with E-state index < -0.39 is 0 Å². The van der Waals surface area contributed by atoms with Gasteiger partial charge in [0.1, 0.15) is 0 Å². The van der Waals surface area contributed by atoms with Gasteiger partial charge < -0.3 is 15.4 Å². The molecule has 1 aliphatic rings. The Hall–Kier alpha value is -0.590. The molecule has 0 radical (unpaired) electrons. The highest BCUT2D eigenvalue weighted by Gasteiger charge is 2.20. The molecule has 0 unspecified atom stereocenters. The smallest absolute Gasteiger partial charge is 0.170 e. The van der Waals surface area contributed by atoms with E-state index in [1.54, 1.807) is 18.2 Å². The third kappa shape index (κ3) is 6.81. The number of morpholine rings is 1. The predicted octanol–water partition coefficient (Wildman–Crippen LogP) is 3.64. The van der Waals surface area contributed by atoms with Crippen molar-refractivity contribution in [3.8, 4) is 0 Å². The number of ether oxygens (including phenoxy) is 1. The van der Waals surface area contributed by atoms with Gasteiger partial charge in [0, 0.05) is 41.9 Å². The zero-order valence-electron chi connectivity index (χ0n) is 13.4. The van der Waals surface area contributed by atoms with Crippen LogP contribution in [0.15, 0.2) is 18.2 Å². The van der Waals surface area contributed by atoms with Crippen LogP contribution < -0.4 is 10.6 Å². The SMILES string of the molecule is CC(C)CN1CCO[C@@H](CNC(=S)Nc2cc(Cl)cc(Cl)c2)C1. The second-order valence-corrected chi connectivity index (χ2v) is 7.42. The fraction of sp³-hybridized carbons (Fsp3) is 0.562. The number of hydrogen-bond donors (Lipinski definition) is 2. The molecule has 1 aliphatic heterocycles.